The topological polar surface area (TPSA) is 75.1 Å². The molecule has 0 spiro atoms. The monoisotopic (exact) mass is 285 g/mol. The minimum absolute atomic E-state index is 0.000236. The van der Waals surface area contributed by atoms with Crippen LogP contribution in [0, 0.1) is 11.8 Å². The maximum atomic E-state index is 11.4. The van der Waals surface area contributed by atoms with E-state index >= 15 is 0 Å². The number of anilines is 1. The molecule has 5 heteroatoms. The first kappa shape index (κ1) is 13.8. The Morgan fingerprint density at radius 3 is 2.86 bits per heavy atom. The summed E-state index contributed by atoms with van der Waals surface area (Å²) in [6, 6.07) is 7.49. The van der Waals surface area contributed by atoms with Gasteiger partial charge in [0.1, 0.15) is 0 Å². The number of aromatic carboxylic acids is 1. The Morgan fingerprint density at radius 1 is 1.33 bits per heavy atom. The number of carboxylic acids is 1. The predicted molar refractivity (Wildman–Crippen MR) is 81.5 cm³/mol. The van der Waals surface area contributed by atoms with Crippen LogP contribution in [0.1, 0.15) is 36.7 Å². The van der Waals surface area contributed by atoms with Gasteiger partial charge in [0, 0.05) is 11.9 Å². The Morgan fingerprint density at radius 2 is 2.14 bits per heavy atom. The third-order valence-corrected chi connectivity index (χ3v) is 4.24. The Labute approximate surface area is 123 Å². The molecular formula is C16H19N3O2. The van der Waals surface area contributed by atoms with E-state index in [9.17, 15) is 9.90 Å². The normalized spacial score (nSPS) is 21.6. The highest BCUT2D eigenvalue weighted by Crippen LogP contribution is 2.31. The highest BCUT2D eigenvalue weighted by Gasteiger charge is 2.23. The Hall–Kier alpha value is -2.17. The van der Waals surface area contributed by atoms with Crippen LogP contribution in [0.2, 0.25) is 0 Å². The summed E-state index contributed by atoms with van der Waals surface area (Å²) in [6.45, 7) is 3.06. The number of carbonyl (C=O) groups is 1. The Bertz CT molecular complexity index is 672. The molecule has 0 bridgehead atoms. The zero-order valence-electron chi connectivity index (χ0n) is 12.0. The van der Waals surface area contributed by atoms with Gasteiger partial charge in [-0.05, 0) is 30.7 Å². The average Bonchev–Trinajstić information content (AvgIpc) is 2.90. The molecular weight excluding hydrogens is 266 g/mol. The van der Waals surface area contributed by atoms with Crippen molar-refractivity contribution in [1.82, 2.24) is 10.2 Å². The van der Waals surface area contributed by atoms with E-state index in [1.165, 1.54) is 19.3 Å². The van der Waals surface area contributed by atoms with E-state index in [4.69, 9.17) is 0 Å². The van der Waals surface area contributed by atoms with Crippen molar-refractivity contribution in [3.8, 4) is 0 Å². The van der Waals surface area contributed by atoms with Crippen molar-refractivity contribution in [2.75, 3.05) is 11.9 Å². The van der Waals surface area contributed by atoms with Crippen molar-refractivity contribution >= 4 is 22.6 Å². The van der Waals surface area contributed by atoms with E-state index in [1.807, 2.05) is 24.3 Å². The molecule has 2 aromatic rings. The van der Waals surface area contributed by atoms with Crippen LogP contribution in [0.5, 0.6) is 0 Å². The summed E-state index contributed by atoms with van der Waals surface area (Å²) in [5.41, 5.74) is 1.30. The van der Waals surface area contributed by atoms with E-state index < -0.39 is 5.97 Å². The minimum atomic E-state index is -1.05. The van der Waals surface area contributed by atoms with Gasteiger partial charge in [-0.15, -0.1) is 10.2 Å². The summed E-state index contributed by atoms with van der Waals surface area (Å²) in [5, 5.41) is 21.3. The van der Waals surface area contributed by atoms with E-state index in [0.29, 0.717) is 17.1 Å². The van der Waals surface area contributed by atoms with Crippen molar-refractivity contribution in [3.63, 3.8) is 0 Å². The predicted octanol–water partition coefficient (Wildman–Crippen LogP) is 3.18. The smallest absolute Gasteiger partial charge is 0.358 e. The molecule has 1 aromatic heterocycles. The highest BCUT2D eigenvalue weighted by molar-refractivity contribution is 6.02. The van der Waals surface area contributed by atoms with Crippen molar-refractivity contribution in [2.45, 2.75) is 26.2 Å². The lowest BCUT2D eigenvalue weighted by atomic mass is 10.1. The van der Waals surface area contributed by atoms with E-state index in [0.717, 1.165) is 17.8 Å². The lowest BCUT2D eigenvalue weighted by Gasteiger charge is -2.15. The second kappa shape index (κ2) is 5.68. The number of aromatic nitrogens is 2. The number of hydrogen-bond acceptors (Lipinski definition) is 4. The van der Waals surface area contributed by atoms with Crippen molar-refractivity contribution in [3.05, 3.63) is 30.0 Å². The van der Waals surface area contributed by atoms with Gasteiger partial charge in [0.2, 0.25) is 0 Å². The number of nitrogens with zero attached hydrogens (tertiary/aromatic N) is 2. The summed E-state index contributed by atoms with van der Waals surface area (Å²) in [5.74, 6) is 0.326. The fourth-order valence-electron chi connectivity index (χ4n) is 3.14. The van der Waals surface area contributed by atoms with Crippen molar-refractivity contribution < 1.29 is 9.90 Å². The number of nitrogens with one attached hydrogen (secondary N) is 1. The van der Waals surface area contributed by atoms with Gasteiger partial charge in [0.25, 0.3) is 0 Å². The second-order valence-electron chi connectivity index (χ2n) is 5.91. The standard InChI is InChI=1S/C16H19N3O2/c1-10-6-7-11(8-10)9-17-14-12-4-2-3-5-13(12)18-19-15(14)16(20)21/h2-5,10-11H,6-9H2,1H3,(H,17,18)(H,20,21). The van der Waals surface area contributed by atoms with E-state index in [2.05, 4.69) is 22.4 Å². The first-order valence-electron chi connectivity index (χ1n) is 7.37. The van der Waals surface area contributed by atoms with Crippen LogP contribution in [0.3, 0.4) is 0 Å². The van der Waals surface area contributed by atoms with Gasteiger partial charge < -0.3 is 10.4 Å². The molecule has 1 aliphatic rings. The fraction of sp³-hybridized carbons (Fsp3) is 0.438. The first-order chi connectivity index (χ1) is 10.1. The summed E-state index contributed by atoms with van der Waals surface area (Å²) in [7, 11) is 0. The summed E-state index contributed by atoms with van der Waals surface area (Å²) in [4.78, 5) is 11.4. The van der Waals surface area contributed by atoms with Gasteiger partial charge >= 0.3 is 5.97 Å². The lowest BCUT2D eigenvalue weighted by molar-refractivity contribution is 0.0690. The van der Waals surface area contributed by atoms with Crippen LogP contribution in [0.15, 0.2) is 24.3 Å². The van der Waals surface area contributed by atoms with Gasteiger partial charge in [-0.2, -0.15) is 0 Å². The number of carboxylic acid groups (broad SMARTS) is 1. The zero-order valence-corrected chi connectivity index (χ0v) is 12.0. The van der Waals surface area contributed by atoms with E-state index in [-0.39, 0.29) is 5.69 Å². The number of fused-ring (bicyclic) bond motifs is 1. The average molecular weight is 285 g/mol. The fourth-order valence-corrected chi connectivity index (χ4v) is 3.14. The molecule has 2 N–H and O–H groups in total. The van der Waals surface area contributed by atoms with Crippen molar-refractivity contribution in [1.29, 1.82) is 0 Å². The van der Waals surface area contributed by atoms with Gasteiger partial charge in [0.05, 0.1) is 11.2 Å². The van der Waals surface area contributed by atoms with Crippen LogP contribution < -0.4 is 5.32 Å². The van der Waals surface area contributed by atoms with Gasteiger partial charge in [-0.1, -0.05) is 31.5 Å². The number of hydrogen-bond donors (Lipinski definition) is 2. The molecule has 5 nitrogen and oxygen atoms in total. The van der Waals surface area contributed by atoms with Gasteiger partial charge in [-0.3, -0.25) is 0 Å². The highest BCUT2D eigenvalue weighted by atomic mass is 16.4. The first-order valence-corrected chi connectivity index (χ1v) is 7.37. The largest absolute Gasteiger partial charge is 0.476 e. The molecule has 0 radical (unpaired) electrons. The molecule has 3 rings (SSSR count). The molecule has 1 fully saturated rings. The molecule has 0 amide bonds. The molecule has 110 valence electrons. The van der Waals surface area contributed by atoms with Gasteiger partial charge in [0.15, 0.2) is 5.69 Å². The molecule has 1 heterocycles. The SMILES string of the molecule is CC1CCC(CNc2c(C(=O)O)nnc3ccccc23)C1. The Kier molecular flexibility index (Phi) is 3.73. The van der Waals surface area contributed by atoms with Crippen molar-refractivity contribution in [2.24, 2.45) is 11.8 Å². The molecule has 2 unspecified atom stereocenters. The van der Waals surface area contributed by atoms with E-state index in [1.54, 1.807) is 0 Å². The third-order valence-electron chi connectivity index (χ3n) is 4.24. The number of benzene rings is 1. The molecule has 1 aliphatic carbocycles. The molecule has 0 saturated heterocycles. The third kappa shape index (κ3) is 2.82. The molecule has 0 aliphatic heterocycles. The zero-order chi connectivity index (χ0) is 14.8. The number of rotatable bonds is 4. The second-order valence-corrected chi connectivity index (χ2v) is 5.91. The Balaban J connectivity index is 1.91. The van der Waals surface area contributed by atoms with Crippen LogP contribution >= 0.6 is 0 Å². The van der Waals surface area contributed by atoms with Gasteiger partial charge in [-0.25, -0.2) is 4.79 Å². The molecule has 1 saturated carbocycles. The lowest BCUT2D eigenvalue weighted by Crippen LogP contribution is -2.16. The summed E-state index contributed by atoms with van der Waals surface area (Å²) >= 11 is 0. The maximum Gasteiger partial charge on any atom is 0.358 e. The van der Waals surface area contributed by atoms with Crippen LogP contribution in [-0.4, -0.2) is 27.8 Å². The molecule has 21 heavy (non-hydrogen) atoms. The summed E-state index contributed by atoms with van der Waals surface area (Å²) < 4.78 is 0. The van der Waals surface area contributed by atoms with Crippen LogP contribution in [-0.2, 0) is 0 Å². The molecule has 1 aromatic carbocycles. The maximum absolute atomic E-state index is 11.4. The molecule has 2 atom stereocenters. The van der Waals surface area contributed by atoms with Crippen LogP contribution in [0.4, 0.5) is 5.69 Å². The summed E-state index contributed by atoms with van der Waals surface area (Å²) in [6.07, 6.45) is 3.66. The minimum Gasteiger partial charge on any atom is -0.476 e. The quantitative estimate of drug-likeness (QED) is 0.902. The van der Waals surface area contributed by atoms with Crippen LogP contribution in [0.25, 0.3) is 10.9 Å².